The number of aliphatic hydroxyl groups is 13. The van der Waals surface area contributed by atoms with Gasteiger partial charge in [-0.25, -0.2) is 0 Å². The SMILES string of the molecule is CC(C)=CCC[C@](C)(O[C@@H]1O[C@H](CO[C@H]2OC[C@@H](O)[C@H](O)[C@H]2O)[C@@H](O)[C@H](O)[C@H]1O)[C@H]1CC[C@]2(C)[C@@H]1CC[C@@H]1[C@]3(C=O)CC[C@@H](O[C@@H]4O[C@H](CO)[C@@H](O)[C@H](O)[C@H]4O[C@@H]4O[C@H](CO)[C@@H](O)[C@H](O)[C@H]4O)C(C)(C)[C@H]3CC[C@]12C. The minimum absolute atomic E-state index is 0.0276. The van der Waals surface area contributed by atoms with Crippen molar-refractivity contribution >= 4 is 6.29 Å². The third kappa shape index (κ3) is 10.5. The summed E-state index contributed by atoms with van der Waals surface area (Å²) in [5, 5.41) is 138. The number of hydrogen-bond donors (Lipinski definition) is 13. The van der Waals surface area contributed by atoms with Crippen LogP contribution >= 0.6 is 0 Å². The van der Waals surface area contributed by atoms with Crippen LogP contribution in [0.4, 0.5) is 0 Å². The summed E-state index contributed by atoms with van der Waals surface area (Å²) in [6.07, 6.45) is -20.1. The Kier molecular flexibility index (Phi) is 18.2. The molecular formula is C53H88O22. The highest BCUT2D eigenvalue weighted by Gasteiger charge is 2.71. The first-order chi connectivity index (χ1) is 35.2. The molecule has 28 atom stereocenters. The maximum Gasteiger partial charge on any atom is 0.187 e. The summed E-state index contributed by atoms with van der Waals surface area (Å²) in [7, 11) is 0. The lowest BCUT2D eigenvalue weighted by Gasteiger charge is -2.69. The summed E-state index contributed by atoms with van der Waals surface area (Å²) in [4.78, 5) is 14.1. The van der Waals surface area contributed by atoms with Crippen molar-refractivity contribution in [2.24, 2.45) is 45.3 Å². The molecule has 22 nitrogen and oxygen atoms in total. The van der Waals surface area contributed by atoms with E-state index in [1.807, 2.05) is 20.8 Å². The van der Waals surface area contributed by atoms with E-state index < -0.39 is 159 Å². The molecule has 8 rings (SSSR count). The summed E-state index contributed by atoms with van der Waals surface area (Å²) >= 11 is 0. The highest BCUT2D eigenvalue weighted by molar-refractivity contribution is 5.62. The molecule has 4 aliphatic carbocycles. The van der Waals surface area contributed by atoms with Gasteiger partial charge in [0.15, 0.2) is 25.2 Å². The number of aldehydes is 1. The van der Waals surface area contributed by atoms with E-state index in [0.717, 1.165) is 37.7 Å². The number of carbonyl (C=O) groups excluding carboxylic acids is 1. The number of rotatable bonds is 16. The van der Waals surface area contributed by atoms with Crippen molar-refractivity contribution in [2.75, 3.05) is 26.4 Å². The average Bonchev–Trinajstić information content (AvgIpc) is 3.74. The van der Waals surface area contributed by atoms with E-state index in [-0.39, 0.29) is 41.1 Å². The van der Waals surface area contributed by atoms with Crippen molar-refractivity contribution < 1.29 is 109 Å². The molecular weight excluding hydrogens is 989 g/mol. The molecule has 0 aromatic heterocycles. The molecule has 0 aromatic rings. The van der Waals surface area contributed by atoms with Crippen LogP contribution in [0.5, 0.6) is 0 Å². The van der Waals surface area contributed by atoms with Crippen LogP contribution in [0.3, 0.4) is 0 Å². The molecule has 4 saturated carbocycles. The predicted molar refractivity (Wildman–Crippen MR) is 259 cm³/mol. The number of fused-ring (bicyclic) bond motifs is 5. The van der Waals surface area contributed by atoms with Gasteiger partial charge in [0.1, 0.15) is 97.8 Å². The summed E-state index contributed by atoms with van der Waals surface area (Å²) in [5.41, 5.74) is -1.88. The van der Waals surface area contributed by atoms with Gasteiger partial charge in [-0.2, -0.15) is 0 Å². The van der Waals surface area contributed by atoms with E-state index in [4.69, 9.17) is 37.9 Å². The zero-order valence-electron chi connectivity index (χ0n) is 44.4. The quantitative estimate of drug-likeness (QED) is 0.0483. The minimum Gasteiger partial charge on any atom is -0.394 e. The molecule has 0 bridgehead atoms. The minimum atomic E-state index is -1.83. The van der Waals surface area contributed by atoms with Crippen molar-refractivity contribution in [1.29, 1.82) is 0 Å². The van der Waals surface area contributed by atoms with Crippen LogP contribution in [0.1, 0.15) is 113 Å². The molecule has 8 fully saturated rings. The Hall–Kier alpha value is -1.43. The van der Waals surface area contributed by atoms with E-state index in [0.29, 0.717) is 32.1 Å². The Morgan fingerprint density at radius 2 is 1.20 bits per heavy atom. The molecule has 0 unspecified atom stereocenters. The summed E-state index contributed by atoms with van der Waals surface area (Å²) in [5.74, 6) is -0.161. The number of hydrogen-bond acceptors (Lipinski definition) is 22. The smallest absolute Gasteiger partial charge is 0.187 e. The second kappa shape index (κ2) is 22.8. The maximum absolute atomic E-state index is 14.1. The molecule has 8 aliphatic rings. The van der Waals surface area contributed by atoms with Gasteiger partial charge < -0.3 is 109 Å². The van der Waals surface area contributed by atoms with E-state index >= 15 is 0 Å². The molecule has 22 heteroatoms. The second-order valence-corrected chi connectivity index (χ2v) is 24.9. The Bertz CT molecular complexity index is 1960. The molecule has 0 spiro atoms. The van der Waals surface area contributed by atoms with Crippen molar-refractivity contribution in [3.05, 3.63) is 11.6 Å². The van der Waals surface area contributed by atoms with Gasteiger partial charge in [0.25, 0.3) is 0 Å². The zero-order valence-corrected chi connectivity index (χ0v) is 44.4. The van der Waals surface area contributed by atoms with Crippen LogP contribution in [0, 0.1) is 45.3 Å². The van der Waals surface area contributed by atoms with Gasteiger partial charge in [-0.05, 0) is 125 Å². The molecule has 4 saturated heterocycles. The molecule has 0 aromatic carbocycles. The van der Waals surface area contributed by atoms with Crippen LogP contribution in [0.25, 0.3) is 0 Å². The van der Waals surface area contributed by atoms with E-state index in [2.05, 4.69) is 33.8 Å². The molecule has 0 radical (unpaired) electrons. The Morgan fingerprint density at radius 3 is 1.84 bits per heavy atom. The maximum atomic E-state index is 14.1. The number of aliphatic hydroxyl groups excluding tert-OH is 13. The first-order valence-corrected chi connectivity index (χ1v) is 27.2. The van der Waals surface area contributed by atoms with Gasteiger partial charge in [-0.1, -0.05) is 39.3 Å². The van der Waals surface area contributed by atoms with Crippen molar-refractivity contribution in [3.8, 4) is 0 Å². The fourth-order valence-corrected chi connectivity index (χ4v) is 15.8. The lowest BCUT2D eigenvalue weighted by atomic mass is 9.35. The topological polar surface area (TPSA) is 354 Å². The average molecular weight is 1080 g/mol. The van der Waals surface area contributed by atoms with Crippen molar-refractivity contribution in [1.82, 2.24) is 0 Å². The Labute approximate surface area is 438 Å². The van der Waals surface area contributed by atoms with E-state index in [1.54, 1.807) is 0 Å². The lowest BCUT2D eigenvalue weighted by Crippen LogP contribution is -2.67. The number of ether oxygens (including phenoxy) is 8. The third-order valence-electron chi connectivity index (χ3n) is 20.3. The Balaban J connectivity index is 1.01. The van der Waals surface area contributed by atoms with Crippen LogP contribution in [-0.2, 0) is 42.7 Å². The standard InChI is InChI=1S/C53H88O22/c1-24(2)9-8-15-52(7,75-47-43(67)39(63)37(61)30(72-47)22-69-45-41(65)34(58)27(57)21-68-45)26-12-16-50(5)25(26)10-11-32-51(50,6)17-13-31-49(3,4)33(14-18-53(31,32)23-56)73-48-44(40(64)36(60)29(20-55)71-48)74-46-42(66)38(62)35(59)28(19-54)70-46/h9,23,25-48,54-55,57-67H,8,10-22H2,1-7H3/t25-,26+,27-,28-,29-,30-,31-,32+,33-,34+,35-,36-,37-,38+,39+,40+,41-,42-,43-,44-,45-,46+,47+,48+,50-,51-,52+,53+/m1/s1. The first-order valence-electron chi connectivity index (χ1n) is 27.2. The summed E-state index contributed by atoms with van der Waals surface area (Å²) in [6, 6.07) is 0. The first kappa shape index (κ1) is 59.7. The molecule has 432 valence electrons. The lowest BCUT2D eigenvalue weighted by molar-refractivity contribution is -0.378. The van der Waals surface area contributed by atoms with E-state index in [9.17, 15) is 71.2 Å². The van der Waals surface area contributed by atoms with Crippen molar-refractivity contribution in [2.45, 2.75) is 241 Å². The predicted octanol–water partition coefficient (Wildman–Crippen LogP) is -1.36. The van der Waals surface area contributed by atoms with Gasteiger partial charge >= 0.3 is 0 Å². The third-order valence-corrected chi connectivity index (χ3v) is 20.3. The largest absolute Gasteiger partial charge is 0.394 e. The van der Waals surface area contributed by atoms with E-state index in [1.165, 1.54) is 6.29 Å². The fraction of sp³-hybridized carbons (Fsp3) is 0.943. The Morgan fingerprint density at radius 1 is 0.613 bits per heavy atom. The van der Waals surface area contributed by atoms with Gasteiger partial charge in [-0.15, -0.1) is 0 Å². The summed E-state index contributed by atoms with van der Waals surface area (Å²) in [6.45, 7) is 12.7. The van der Waals surface area contributed by atoms with Crippen LogP contribution < -0.4 is 0 Å². The fourth-order valence-electron chi connectivity index (χ4n) is 15.8. The normalized spacial score (nSPS) is 51.7. The monoisotopic (exact) mass is 1080 g/mol. The van der Waals surface area contributed by atoms with Crippen molar-refractivity contribution in [3.63, 3.8) is 0 Å². The highest BCUT2D eigenvalue weighted by Crippen LogP contribution is 2.76. The van der Waals surface area contributed by atoms with Gasteiger partial charge in [-0.3, -0.25) is 0 Å². The molecule has 13 N–H and O–H groups in total. The van der Waals surface area contributed by atoms with Gasteiger partial charge in [0.05, 0.1) is 38.1 Å². The van der Waals surface area contributed by atoms with Crippen LogP contribution in [0.15, 0.2) is 11.6 Å². The molecule has 4 aliphatic heterocycles. The number of carbonyl (C=O) groups is 1. The second-order valence-electron chi connectivity index (χ2n) is 24.9. The zero-order chi connectivity index (χ0) is 54.9. The van der Waals surface area contributed by atoms with Crippen LogP contribution in [0.2, 0.25) is 0 Å². The molecule has 0 amide bonds. The summed E-state index contributed by atoms with van der Waals surface area (Å²) < 4.78 is 48.7. The van der Waals surface area contributed by atoms with Gasteiger partial charge in [0, 0.05) is 5.41 Å². The van der Waals surface area contributed by atoms with Crippen LogP contribution in [-0.4, -0.2) is 228 Å². The molecule has 4 heterocycles. The molecule has 75 heavy (non-hydrogen) atoms. The number of allylic oxidation sites excluding steroid dienone is 2. The van der Waals surface area contributed by atoms with Gasteiger partial charge in [0.2, 0.25) is 0 Å². The highest BCUT2D eigenvalue weighted by atomic mass is 16.8.